The van der Waals surface area contributed by atoms with Gasteiger partial charge in [0.25, 0.3) is 0 Å². The highest BCUT2D eigenvalue weighted by molar-refractivity contribution is 5.83. The number of carbonyl (C=O) groups is 1. The van der Waals surface area contributed by atoms with Crippen LogP contribution in [0.15, 0.2) is 30.3 Å². The molecule has 1 aromatic carbocycles. The van der Waals surface area contributed by atoms with Crippen LogP contribution in [0.2, 0.25) is 0 Å². The molecule has 1 aliphatic heterocycles. The van der Waals surface area contributed by atoms with Crippen LogP contribution in [0.25, 0.3) is 0 Å². The molecule has 1 atom stereocenters. The average molecular weight is 218 g/mol. The van der Waals surface area contributed by atoms with E-state index in [1.54, 1.807) is 6.92 Å². The number of nitrogens with zero attached hydrogens (tertiary/aromatic N) is 1. The van der Waals surface area contributed by atoms with Crippen molar-refractivity contribution in [2.24, 2.45) is 0 Å². The second-order valence-electron chi connectivity index (χ2n) is 4.34. The standard InChI is InChI=1S/C14H19NO/c1-12(13-8-4-2-5-9-13)14(16)15-10-6-3-7-11-15/h2,4-5,8-9,12H,3,6-7,10-11H2,1H3/i12D. The maximum Gasteiger partial charge on any atom is 0.229 e. The van der Waals surface area contributed by atoms with Crippen molar-refractivity contribution in [2.45, 2.75) is 32.1 Å². The average Bonchev–Trinajstić information content (AvgIpc) is 2.40. The summed E-state index contributed by atoms with van der Waals surface area (Å²) in [4.78, 5) is 14.2. The van der Waals surface area contributed by atoms with Crippen molar-refractivity contribution in [1.82, 2.24) is 4.90 Å². The molecule has 2 rings (SSSR count). The van der Waals surface area contributed by atoms with E-state index >= 15 is 0 Å². The third kappa shape index (κ3) is 2.43. The van der Waals surface area contributed by atoms with E-state index in [9.17, 15) is 4.79 Å². The van der Waals surface area contributed by atoms with E-state index in [0.29, 0.717) is 0 Å². The number of benzene rings is 1. The SMILES string of the molecule is [2H]C(C)(C(=O)N1CCCCC1)c1ccccc1. The molecule has 0 bridgehead atoms. The number of piperidine rings is 1. The van der Waals surface area contributed by atoms with Crippen molar-refractivity contribution in [3.8, 4) is 0 Å². The summed E-state index contributed by atoms with van der Waals surface area (Å²) in [6, 6.07) is 9.38. The van der Waals surface area contributed by atoms with Gasteiger partial charge in [0.05, 0.1) is 5.89 Å². The highest BCUT2D eigenvalue weighted by Gasteiger charge is 2.22. The van der Waals surface area contributed by atoms with Gasteiger partial charge in [-0.15, -0.1) is 0 Å². The zero-order valence-electron chi connectivity index (χ0n) is 10.8. The lowest BCUT2D eigenvalue weighted by Gasteiger charge is -2.29. The van der Waals surface area contributed by atoms with Gasteiger partial charge in [-0.1, -0.05) is 30.3 Å². The number of carbonyl (C=O) groups excluding carboxylic acids is 1. The van der Waals surface area contributed by atoms with E-state index in [0.717, 1.165) is 31.5 Å². The van der Waals surface area contributed by atoms with Crippen molar-refractivity contribution >= 4 is 5.91 Å². The first-order valence-electron chi connectivity index (χ1n) is 6.47. The first-order valence-corrected chi connectivity index (χ1v) is 5.97. The maximum absolute atomic E-state index is 12.4. The summed E-state index contributed by atoms with van der Waals surface area (Å²) >= 11 is 0. The molecule has 1 heterocycles. The summed E-state index contributed by atoms with van der Waals surface area (Å²) in [7, 11) is 0. The van der Waals surface area contributed by atoms with E-state index in [2.05, 4.69) is 0 Å². The minimum Gasteiger partial charge on any atom is -0.342 e. The molecular weight excluding hydrogens is 198 g/mol. The Balaban J connectivity index is 2.17. The molecule has 2 nitrogen and oxygen atoms in total. The van der Waals surface area contributed by atoms with Crippen LogP contribution >= 0.6 is 0 Å². The molecule has 1 aromatic rings. The number of rotatable bonds is 2. The second kappa shape index (κ2) is 5.15. The summed E-state index contributed by atoms with van der Waals surface area (Å²) in [6.07, 6.45) is 3.33. The maximum atomic E-state index is 12.4. The van der Waals surface area contributed by atoms with Gasteiger partial charge in [0, 0.05) is 14.5 Å². The third-order valence-corrected chi connectivity index (χ3v) is 3.17. The van der Waals surface area contributed by atoms with Crippen molar-refractivity contribution < 1.29 is 6.17 Å². The van der Waals surface area contributed by atoms with E-state index in [1.165, 1.54) is 6.42 Å². The zero-order chi connectivity index (χ0) is 12.3. The van der Waals surface area contributed by atoms with Crippen molar-refractivity contribution in [2.75, 3.05) is 13.1 Å². The molecule has 0 spiro atoms. The minimum absolute atomic E-state index is 0.0663. The summed E-state index contributed by atoms with van der Waals surface area (Å²) < 4.78 is 8.32. The molecule has 1 amide bonds. The van der Waals surface area contributed by atoms with Gasteiger partial charge >= 0.3 is 0 Å². The predicted molar refractivity (Wildman–Crippen MR) is 65.3 cm³/mol. The van der Waals surface area contributed by atoms with E-state index in [4.69, 9.17) is 1.37 Å². The number of hydrogen-bond donors (Lipinski definition) is 0. The lowest BCUT2D eigenvalue weighted by molar-refractivity contribution is -0.133. The van der Waals surface area contributed by atoms with Crippen LogP contribution in [-0.4, -0.2) is 23.9 Å². The van der Waals surface area contributed by atoms with Gasteiger partial charge in [-0.05, 0) is 31.7 Å². The van der Waals surface area contributed by atoms with E-state index in [1.807, 2.05) is 35.2 Å². The van der Waals surface area contributed by atoms with Crippen molar-refractivity contribution in [3.63, 3.8) is 0 Å². The molecule has 86 valence electrons. The van der Waals surface area contributed by atoms with Gasteiger partial charge in [0.2, 0.25) is 5.91 Å². The van der Waals surface area contributed by atoms with Crippen molar-refractivity contribution in [1.29, 1.82) is 0 Å². The quantitative estimate of drug-likeness (QED) is 0.747. The Hall–Kier alpha value is -1.31. The summed E-state index contributed by atoms with van der Waals surface area (Å²) in [6.45, 7) is 3.31. The van der Waals surface area contributed by atoms with E-state index < -0.39 is 5.89 Å². The molecule has 16 heavy (non-hydrogen) atoms. The smallest absolute Gasteiger partial charge is 0.229 e. The highest BCUT2D eigenvalue weighted by atomic mass is 16.2. The predicted octanol–water partition coefficient (Wildman–Crippen LogP) is 2.80. The Morgan fingerprint density at radius 3 is 2.50 bits per heavy atom. The third-order valence-electron chi connectivity index (χ3n) is 3.17. The fourth-order valence-corrected chi connectivity index (χ4v) is 2.15. The Kier molecular flexibility index (Phi) is 3.18. The normalized spacial score (nSPS) is 21.1. The number of hydrogen-bond acceptors (Lipinski definition) is 1. The first-order chi connectivity index (χ1) is 8.12. The molecule has 1 fully saturated rings. The highest BCUT2D eigenvalue weighted by Crippen LogP contribution is 2.20. The fourth-order valence-electron chi connectivity index (χ4n) is 2.15. The Bertz CT molecular complexity index is 382. The van der Waals surface area contributed by atoms with E-state index in [-0.39, 0.29) is 5.91 Å². The van der Waals surface area contributed by atoms with Gasteiger partial charge in [-0.25, -0.2) is 0 Å². The Labute approximate surface area is 98.7 Å². The molecule has 0 aliphatic carbocycles. The van der Waals surface area contributed by atoms with Gasteiger partial charge in [-0.2, -0.15) is 0 Å². The van der Waals surface area contributed by atoms with Crippen LogP contribution in [0.3, 0.4) is 0 Å². The fraction of sp³-hybridized carbons (Fsp3) is 0.500. The number of likely N-dealkylation sites (tertiary alicyclic amines) is 1. The largest absolute Gasteiger partial charge is 0.342 e. The Morgan fingerprint density at radius 1 is 1.25 bits per heavy atom. The second-order valence-corrected chi connectivity index (χ2v) is 4.34. The molecular formula is C14H19NO. The van der Waals surface area contributed by atoms with Gasteiger partial charge in [0.15, 0.2) is 0 Å². The lowest BCUT2D eigenvalue weighted by atomic mass is 9.98. The topological polar surface area (TPSA) is 20.3 Å². The van der Waals surface area contributed by atoms with Gasteiger partial charge in [-0.3, -0.25) is 4.79 Å². The van der Waals surface area contributed by atoms with Gasteiger partial charge in [0.1, 0.15) is 0 Å². The van der Waals surface area contributed by atoms with Crippen LogP contribution < -0.4 is 0 Å². The molecule has 1 saturated heterocycles. The summed E-state index contributed by atoms with van der Waals surface area (Å²) in [5.74, 6) is -1.22. The Morgan fingerprint density at radius 2 is 1.88 bits per heavy atom. The zero-order valence-corrected chi connectivity index (χ0v) is 9.78. The molecule has 0 radical (unpaired) electrons. The first kappa shape index (κ1) is 9.88. The molecule has 1 aliphatic rings. The number of amides is 1. The van der Waals surface area contributed by atoms with Crippen LogP contribution in [0, 0.1) is 0 Å². The van der Waals surface area contributed by atoms with Crippen LogP contribution in [0.1, 0.15) is 39.0 Å². The lowest BCUT2D eigenvalue weighted by Crippen LogP contribution is -2.38. The summed E-state index contributed by atoms with van der Waals surface area (Å²) in [5.41, 5.74) is 0.774. The molecule has 0 saturated carbocycles. The van der Waals surface area contributed by atoms with Crippen molar-refractivity contribution in [3.05, 3.63) is 35.9 Å². The molecule has 0 N–H and O–H groups in total. The van der Waals surface area contributed by atoms with Gasteiger partial charge < -0.3 is 4.90 Å². The van der Waals surface area contributed by atoms with Crippen LogP contribution in [0.4, 0.5) is 0 Å². The minimum atomic E-state index is -1.15. The molecule has 1 unspecified atom stereocenters. The van der Waals surface area contributed by atoms with Crippen LogP contribution in [0.5, 0.6) is 0 Å². The molecule has 2 heteroatoms. The summed E-state index contributed by atoms with van der Waals surface area (Å²) in [5, 5.41) is 0. The van der Waals surface area contributed by atoms with Crippen LogP contribution in [-0.2, 0) is 4.79 Å². The monoisotopic (exact) mass is 218 g/mol. The molecule has 0 aromatic heterocycles.